The maximum atomic E-state index is 5.31. The monoisotopic (exact) mass is 106 g/mol. The van der Waals surface area contributed by atoms with Crippen LogP contribution in [0.2, 0.25) is 0 Å². The van der Waals surface area contributed by atoms with Crippen molar-refractivity contribution in [1.29, 1.82) is 0 Å². The van der Waals surface area contributed by atoms with Gasteiger partial charge in [-0.2, -0.15) is 9.48 Å². The van der Waals surface area contributed by atoms with E-state index in [2.05, 4.69) is 6.66 Å². The van der Waals surface area contributed by atoms with Crippen LogP contribution in [0.1, 0.15) is 0 Å². The van der Waals surface area contributed by atoms with Crippen LogP contribution in [0.25, 0.3) is 0 Å². The van der Waals surface area contributed by atoms with E-state index in [0.717, 1.165) is 0 Å². The summed E-state index contributed by atoms with van der Waals surface area (Å²) >= 11 is 0. The van der Waals surface area contributed by atoms with Crippen molar-refractivity contribution in [2.75, 3.05) is 12.9 Å². The topological polar surface area (TPSA) is 0 Å². The van der Waals surface area contributed by atoms with E-state index in [0.29, 0.717) is 0 Å². The summed E-state index contributed by atoms with van der Waals surface area (Å²) in [7, 11) is 1.45. The third-order valence-corrected chi connectivity index (χ3v) is 2.59. The van der Waals surface area contributed by atoms with Crippen molar-refractivity contribution in [2.24, 2.45) is 0 Å². The predicted molar refractivity (Wildman–Crippen MR) is 31.1 cm³/mol. The molecule has 0 aliphatic rings. The van der Waals surface area contributed by atoms with Crippen LogP contribution in [-0.4, -0.2) is 12.9 Å². The number of hydrogen-bond donors (Lipinski definition) is 0. The molecule has 0 N–H and O–H groups in total. The first-order valence-corrected chi connectivity index (χ1v) is 4.92. The molecule has 2 heteroatoms. The normalized spacial score (nSPS) is 11.8. The number of rotatable bonds is 0. The van der Waals surface area contributed by atoms with Gasteiger partial charge in [0, 0.05) is 6.26 Å². The molecule has 0 spiro atoms. The van der Waals surface area contributed by atoms with E-state index in [-0.39, 0.29) is 9.48 Å². The zero-order valence-electron chi connectivity index (χ0n) is 3.43. The summed E-state index contributed by atoms with van der Waals surface area (Å²) in [6, 6.07) is 0. The van der Waals surface area contributed by atoms with Crippen molar-refractivity contribution in [3.63, 3.8) is 0 Å². The Morgan fingerprint density at radius 1 is 1.80 bits per heavy atom. The first kappa shape index (κ1) is 5.30. The summed E-state index contributed by atoms with van der Waals surface area (Å²) in [5.74, 6) is 0. The summed E-state index contributed by atoms with van der Waals surface area (Å²) < 4.78 is 0. The van der Waals surface area contributed by atoms with Crippen molar-refractivity contribution in [2.45, 2.75) is 0 Å². The van der Waals surface area contributed by atoms with Gasteiger partial charge in [0.25, 0.3) is 0 Å². The standard InChI is InChI=1S/C3H7PS/c1-4-5(2)3/h2H,1,3H3. The summed E-state index contributed by atoms with van der Waals surface area (Å²) in [4.78, 5) is 0. The zero-order valence-corrected chi connectivity index (χ0v) is 5.14. The predicted octanol–water partition coefficient (Wildman–Crippen LogP) is 1.31. The lowest BCUT2D eigenvalue weighted by Gasteiger charge is -1.58. The Kier molecular flexibility index (Phi) is 2.68. The molecule has 0 aliphatic carbocycles. The lowest BCUT2D eigenvalue weighted by atomic mass is 11.9. The van der Waals surface area contributed by atoms with Crippen molar-refractivity contribution in [3.8, 4) is 5.69 Å². The van der Waals surface area contributed by atoms with Gasteiger partial charge in [0.15, 0.2) is 0 Å². The lowest BCUT2D eigenvalue weighted by Crippen LogP contribution is -1.41. The van der Waals surface area contributed by atoms with Crippen molar-refractivity contribution >= 4 is 16.8 Å². The van der Waals surface area contributed by atoms with Crippen LogP contribution < -0.4 is 0 Å². The van der Waals surface area contributed by atoms with E-state index in [9.17, 15) is 0 Å². The van der Waals surface area contributed by atoms with Crippen molar-refractivity contribution in [3.05, 3.63) is 0 Å². The Hall–Kier alpha value is 0.300. The van der Waals surface area contributed by atoms with E-state index in [1.165, 1.54) is 7.36 Å². The fourth-order valence-corrected chi connectivity index (χ4v) is 0. The smallest absolute Gasteiger partial charge is 0.00103 e. The Labute approximate surface area is 36.2 Å². The zero-order chi connectivity index (χ0) is 4.28. The molecule has 0 saturated carbocycles. The molecule has 0 nitrogen and oxygen atoms in total. The second-order valence-electron chi connectivity index (χ2n) is 0.706. The Balaban J connectivity index is 3.82. The van der Waals surface area contributed by atoms with E-state index in [1.54, 1.807) is 0 Å². The minimum atomic E-state index is 0.150. The third-order valence-electron chi connectivity index (χ3n) is 0.288. The second kappa shape index (κ2) is 2.53. The summed E-state index contributed by atoms with van der Waals surface area (Å²) in [6.45, 7) is 2.06. The minimum Gasteiger partial charge on any atom is -0.166 e. The Bertz CT molecular complexity index is 117. The molecule has 0 bridgehead atoms. The van der Waals surface area contributed by atoms with E-state index in [4.69, 9.17) is 5.69 Å². The van der Waals surface area contributed by atoms with E-state index < -0.39 is 0 Å². The molecule has 30 valence electrons. The molecule has 0 saturated heterocycles. The van der Waals surface area contributed by atoms with Gasteiger partial charge >= 0.3 is 0 Å². The van der Waals surface area contributed by atoms with Crippen molar-refractivity contribution < 1.29 is 0 Å². The Morgan fingerprint density at radius 2 is 2.00 bits per heavy atom. The number of hydrogen-bond acceptors (Lipinski definition) is 0. The van der Waals surface area contributed by atoms with Crippen LogP contribution in [0.4, 0.5) is 0 Å². The molecule has 0 rings (SSSR count). The average Bonchev–Trinajstić information content (AvgIpc) is 1.38. The molecule has 0 aromatic carbocycles. The molecule has 0 amide bonds. The highest BCUT2D eigenvalue weighted by molar-refractivity contribution is 8.12. The van der Waals surface area contributed by atoms with Crippen LogP contribution in [0.15, 0.2) is 0 Å². The molecule has 0 heterocycles. The second-order valence-corrected chi connectivity index (χ2v) is 4.94. The first-order valence-electron chi connectivity index (χ1n) is 1.27. The van der Waals surface area contributed by atoms with Crippen LogP contribution in [0.5, 0.6) is 0 Å². The lowest BCUT2D eigenvalue weighted by molar-refractivity contribution is 2.49. The molecule has 5 heavy (non-hydrogen) atoms. The van der Waals surface area contributed by atoms with Gasteiger partial charge in [0.05, 0.1) is 0 Å². The van der Waals surface area contributed by atoms with Crippen molar-refractivity contribution in [1.82, 2.24) is 0 Å². The molecule has 0 aliphatic heterocycles. The average molecular weight is 106 g/mol. The van der Waals surface area contributed by atoms with Crippen LogP contribution in [-0.2, 0) is 9.48 Å². The quantitative estimate of drug-likeness (QED) is 0.408. The fourth-order valence-electron chi connectivity index (χ4n) is 0. The Morgan fingerprint density at radius 3 is 2.00 bits per heavy atom. The molecular formula is C3H7PS. The molecule has 0 atom stereocenters. The van der Waals surface area contributed by atoms with E-state index >= 15 is 0 Å². The first-order chi connectivity index (χ1) is 2.27. The van der Waals surface area contributed by atoms with Gasteiger partial charge in [-0.05, 0) is 14.0 Å². The van der Waals surface area contributed by atoms with E-state index in [1.807, 2.05) is 6.26 Å². The van der Waals surface area contributed by atoms with Gasteiger partial charge in [0.2, 0.25) is 0 Å². The molecule has 0 radical (unpaired) electrons. The molecule has 0 fully saturated rings. The SMILES string of the molecule is C#S(C)=PC. The molecule has 0 aromatic heterocycles. The van der Waals surface area contributed by atoms with Crippen LogP contribution in [0.3, 0.4) is 0 Å². The van der Waals surface area contributed by atoms with Gasteiger partial charge in [-0.15, -0.1) is 5.69 Å². The highest BCUT2D eigenvalue weighted by Crippen LogP contribution is 1.81. The van der Waals surface area contributed by atoms with Gasteiger partial charge < -0.3 is 0 Å². The molecule has 0 unspecified atom stereocenters. The molecule has 0 aromatic rings. The van der Waals surface area contributed by atoms with Crippen LogP contribution in [0, 0.1) is 5.69 Å². The summed E-state index contributed by atoms with van der Waals surface area (Å²) in [6.07, 6.45) is 2.02. The highest BCUT2D eigenvalue weighted by atomic mass is 32.5. The van der Waals surface area contributed by atoms with Gasteiger partial charge in [-0.3, -0.25) is 0 Å². The summed E-state index contributed by atoms with van der Waals surface area (Å²) in [5, 5.41) is 0. The fraction of sp³-hybridized carbons (Fsp3) is 0.667. The maximum Gasteiger partial charge on any atom is 0.00103 e. The highest BCUT2D eigenvalue weighted by Gasteiger charge is 1.42. The largest absolute Gasteiger partial charge is 0.166 e. The molecular weight excluding hydrogens is 99.1 g/mol. The maximum absolute atomic E-state index is 5.31. The summed E-state index contributed by atoms with van der Waals surface area (Å²) in [5.41, 5.74) is 5.31. The van der Waals surface area contributed by atoms with Gasteiger partial charge in [0.1, 0.15) is 0 Å². The van der Waals surface area contributed by atoms with Gasteiger partial charge in [-0.1, -0.05) is 0 Å². The minimum absolute atomic E-state index is 0.150. The third kappa shape index (κ3) is 4.30. The van der Waals surface area contributed by atoms with Crippen LogP contribution >= 0.6 is 7.36 Å². The van der Waals surface area contributed by atoms with Gasteiger partial charge in [-0.25, -0.2) is 0 Å².